The summed E-state index contributed by atoms with van der Waals surface area (Å²) in [6, 6.07) is 1.73. The van der Waals surface area contributed by atoms with Gasteiger partial charge < -0.3 is 15.0 Å². The van der Waals surface area contributed by atoms with Gasteiger partial charge in [0.05, 0.1) is 23.4 Å². The third kappa shape index (κ3) is 3.45. The molecule has 1 aromatic heterocycles. The Labute approximate surface area is 121 Å². The van der Waals surface area contributed by atoms with E-state index in [0.717, 1.165) is 10.2 Å². The smallest absolute Gasteiger partial charge is 0.245 e. The summed E-state index contributed by atoms with van der Waals surface area (Å²) in [5.74, 6) is -0.00147. The van der Waals surface area contributed by atoms with Crippen LogP contribution in [0.15, 0.2) is 22.9 Å². The number of amides is 1. The average Bonchev–Trinajstić information content (AvgIpc) is 2.38. The van der Waals surface area contributed by atoms with Crippen molar-refractivity contribution < 1.29 is 9.53 Å². The molecule has 19 heavy (non-hydrogen) atoms. The first kappa shape index (κ1) is 14.3. The number of ether oxygens (including phenoxy) is 1. The van der Waals surface area contributed by atoms with E-state index in [1.807, 2.05) is 19.9 Å². The van der Waals surface area contributed by atoms with E-state index in [2.05, 4.69) is 31.1 Å². The zero-order chi connectivity index (χ0) is 13.8. The molecule has 1 aliphatic heterocycles. The van der Waals surface area contributed by atoms with Crippen LogP contribution >= 0.6 is 15.9 Å². The molecule has 1 unspecified atom stereocenters. The van der Waals surface area contributed by atoms with Crippen molar-refractivity contribution in [2.75, 3.05) is 24.7 Å². The van der Waals surface area contributed by atoms with Gasteiger partial charge in [-0.05, 0) is 35.8 Å². The maximum Gasteiger partial charge on any atom is 0.245 e. The summed E-state index contributed by atoms with van der Waals surface area (Å²) >= 11 is 3.48. The molecule has 1 N–H and O–H groups in total. The third-order valence-electron chi connectivity index (χ3n) is 2.92. The first-order valence-corrected chi connectivity index (χ1v) is 7.13. The van der Waals surface area contributed by atoms with E-state index < -0.39 is 0 Å². The van der Waals surface area contributed by atoms with Gasteiger partial charge in [-0.2, -0.15) is 0 Å². The zero-order valence-corrected chi connectivity index (χ0v) is 12.7. The van der Waals surface area contributed by atoms with Gasteiger partial charge in [-0.3, -0.25) is 9.78 Å². The summed E-state index contributed by atoms with van der Waals surface area (Å²) in [5.41, 5.74) is 0.974. The number of nitrogens with one attached hydrogen (secondary N) is 1. The lowest BCUT2D eigenvalue weighted by Crippen LogP contribution is -2.55. The maximum atomic E-state index is 12.2. The molecule has 6 heteroatoms. The molecule has 1 fully saturated rings. The molecule has 0 spiro atoms. The van der Waals surface area contributed by atoms with Gasteiger partial charge in [0.1, 0.15) is 6.04 Å². The number of rotatable bonds is 3. The number of morpholine rings is 1. The van der Waals surface area contributed by atoms with Crippen molar-refractivity contribution in [1.82, 2.24) is 10.3 Å². The van der Waals surface area contributed by atoms with Crippen molar-refractivity contribution in [3.63, 3.8) is 0 Å². The van der Waals surface area contributed by atoms with Crippen LogP contribution in [0.3, 0.4) is 0 Å². The summed E-state index contributed by atoms with van der Waals surface area (Å²) in [6.07, 6.45) is 3.47. The van der Waals surface area contributed by atoms with E-state index in [0.29, 0.717) is 19.8 Å². The lowest BCUT2D eigenvalue weighted by Gasteiger charge is -2.37. The van der Waals surface area contributed by atoms with Crippen molar-refractivity contribution in [1.29, 1.82) is 0 Å². The number of carbonyl (C=O) groups is 1. The molecule has 0 aliphatic carbocycles. The Morgan fingerprint density at radius 1 is 1.63 bits per heavy atom. The topological polar surface area (TPSA) is 54.5 Å². The van der Waals surface area contributed by atoms with E-state index in [1.54, 1.807) is 12.4 Å². The number of halogens is 1. The number of nitrogens with zero attached hydrogens (tertiary/aromatic N) is 2. The maximum absolute atomic E-state index is 12.2. The first-order valence-electron chi connectivity index (χ1n) is 6.34. The van der Waals surface area contributed by atoms with Crippen LogP contribution in [0.25, 0.3) is 0 Å². The van der Waals surface area contributed by atoms with E-state index in [4.69, 9.17) is 4.74 Å². The van der Waals surface area contributed by atoms with Crippen LogP contribution in [0.2, 0.25) is 0 Å². The van der Waals surface area contributed by atoms with Crippen molar-refractivity contribution in [3.05, 3.63) is 22.9 Å². The van der Waals surface area contributed by atoms with Crippen LogP contribution < -0.4 is 10.2 Å². The monoisotopic (exact) mass is 327 g/mol. The predicted octanol–water partition coefficient (Wildman–Crippen LogP) is 1.57. The Hall–Kier alpha value is -1.14. The highest BCUT2D eigenvalue weighted by molar-refractivity contribution is 9.10. The molecule has 2 heterocycles. The quantitative estimate of drug-likeness (QED) is 0.915. The van der Waals surface area contributed by atoms with Gasteiger partial charge >= 0.3 is 0 Å². The highest BCUT2D eigenvalue weighted by Crippen LogP contribution is 2.27. The molecular formula is C13H18BrN3O2. The van der Waals surface area contributed by atoms with Gasteiger partial charge in [-0.25, -0.2) is 0 Å². The minimum atomic E-state index is -0.296. The Morgan fingerprint density at radius 3 is 3.11 bits per heavy atom. The summed E-state index contributed by atoms with van der Waals surface area (Å²) in [7, 11) is 0. The Kier molecular flexibility index (Phi) is 4.76. The Bertz CT molecular complexity index is 453. The molecule has 0 aromatic carbocycles. The molecule has 0 radical (unpaired) electrons. The van der Waals surface area contributed by atoms with Gasteiger partial charge in [0.25, 0.3) is 0 Å². The zero-order valence-electron chi connectivity index (χ0n) is 11.1. The second-order valence-corrected chi connectivity index (χ2v) is 5.63. The second kappa shape index (κ2) is 6.34. The van der Waals surface area contributed by atoms with Gasteiger partial charge in [-0.15, -0.1) is 0 Å². The number of carbonyl (C=O) groups excluding carboxylic acids is 1. The number of pyridine rings is 1. The molecular weight excluding hydrogens is 310 g/mol. The number of hydrogen-bond donors (Lipinski definition) is 1. The van der Waals surface area contributed by atoms with Crippen LogP contribution in [0.4, 0.5) is 5.69 Å². The van der Waals surface area contributed by atoms with Gasteiger partial charge in [0.2, 0.25) is 5.91 Å². The summed E-state index contributed by atoms with van der Waals surface area (Å²) < 4.78 is 6.33. The Morgan fingerprint density at radius 2 is 2.42 bits per heavy atom. The van der Waals surface area contributed by atoms with Crippen LogP contribution in [-0.4, -0.2) is 42.7 Å². The fraction of sp³-hybridized carbons (Fsp3) is 0.538. The SMILES string of the molecule is CC(C)NC(=O)C1COCCN1c1ccncc1Br. The summed E-state index contributed by atoms with van der Waals surface area (Å²) in [5, 5.41) is 2.94. The molecule has 2 rings (SSSR count). The fourth-order valence-corrected chi connectivity index (χ4v) is 2.57. The highest BCUT2D eigenvalue weighted by atomic mass is 79.9. The molecule has 0 saturated carbocycles. The molecule has 5 nitrogen and oxygen atoms in total. The number of anilines is 1. The van der Waals surface area contributed by atoms with E-state index in [1.165, 1.54) is 0 Å². The van der Waals surface area contributed by atoms with Crippen LogP contribution in [0.1, 0.15) is 13.8 Å². The van der Waals surface area contributed by atoms with Crippen molar-refractivity contribution in [2.45, 2.75) is 25.9 Å². The number of aromatic nitrogens is 1. The standard InChI is InChI=1S/C13H18BrN3O2/c1-9(2)16-13(18)12-8-19-6-5-17(12)11-3-4-15-7-10(11)14/h3-4,7,9,12H,5-6,8H2,1-2H3,(H,16,18). The highest BCUT2D eigenvalue weighted by Gasteiger charge is 2.30. The van der Waals surface area contributed by atoms with E-state index in [9.17, 15) is 4.79 Å². The minimum absolute atomic E-state index is 0.00147. The van der Waals surface area contributed by atoms with Crippen LogP contribution in [0.5, 0.6) is 0 Å². The summed E-state index contributed by atoms with van der Waals surface area (Å²) in [6.45, 7) is 5.63. The molecule has 1 aliphatic rings. The average molecular weight is 328 g/mol. The van der Waals surface area contributed by atoms with Crippen molar-refractivity contribution in [2.24, 2.45) is 0 Å². The molecule has 1 amide bonds. The third-order valence-corrected chi connectivity index (χ3v) is 3.53. The molecule has 0 bridgehead atoms. The van der Waals surface area contributed by atoms with Crippen LogP contribution in [-0.2, 0) is 9.53 Å². The lowest BCUT2D eigenvalue weighted by atomic mass is 10.1. The minimum Gasteiger partial charge on any atom is -0.377 e. The first-order chi connectivity index (χ1) is 9.09. The largest absolute Gasteiger partial charge is 0.377 e. The van der Waals surface area contributed by atoms with E-state index >= 15 is 0 Å². The fourth-order valence-electron chi connectivity index (χ4n) is 2.09. The second-order valence-electron chi connectivity index (χ2n) is 4.77. The Balaban J connectivity index is 2.21. The van der Waals surface area contributed by atoms with E-state index in [-0.39, 0.29) is 18.0 Å². The van der Waals surface area contributed by atoms with Gasteiger partial charge in [-0.1, -0.05) is 0 Å². The molecule has 104 valence electrons. The van der Waals surface area contributed by atoms with Crippen LogP contribution in [0, 0.1) is 0 Å². The van der Waals surface area contributed by atoms with Gasteiger partial charge in [0, 0.05) is 25.0 Å². The molecule has 1 atom stereocenters. The molecule has 1 saturated heterocycles. The predicted molar refractivity (Wildman–Crippen MR) is 77.2 cm³/mol. The normalized spacial score (nSPS) is 19.6. The van der Waals surface area contributed by atoms with Crippen molar-refractivity contribution in [3.8, 4) is 0 Å². The van der Waals surface area contributed by atoms with Crippen molar-refractivity contribution >= 4 is 27.5 Å². The molecule has 1 aromatic rings. The van der Waals surface area contributed by atoms with Gasteiger partial charge in [0.15, 0.2) is 0 Å². The lowest BCUT2D eigenvalue weighted by molar-refractivity contribution is -0.125. The number of hydrogen-bond acceptors (Lipinski definition) is 4. The summed E-state index contributed by atoms with van der Waals surface area (Å²) in [4.78, 5) is 18.4.